The predicted molar refractivity (Wildman–Crippen MR) is 175 cm³/mol. The van der Waals surface area contributed by atoms with Crippen molar-refractivity contribution >= 4 is 39.2 Å². The summed E-state index contributed by atoms with van der Waals surface area (Å²) in [5.41, 5.74) is 3.78. The van der Waals surface area contributed by atoms with Crippen molar-refractivity contribution in [3.63, 3.8) is 0 Å². The van der Waals surface area contributed by atoms with E-state index in [1.165, 1.54) is 7.41 Å². The molecular weight excluding hydrogens is 571 g/mol. The number of ether oxygens (including phenoxy) is 2. The molecule has 0 saturated carbocycles. The van der Waals surface area contributed by atoms with E-state index in [9.17, 15) is 10.1 Å². The van der Waals surface area contributed by atoms with Crippen LogP contribution in [0.15, 0.2) is 42.7 Å². The smallest absolute Gasteiger partial charge is 0.329 e. The van der Waals surface area contributed by atoms with Gasteiger partial charge in [-0.3, -0.25) is 0 Å². The summed E-state index contributed by atoms with van der Waals surface area (Å²) in [6.07, 6.45) is 6.19. The van der Waals surface area contributed by atoms with E-state index in [4.69, 9.17) is 18.9 Å². The third-order valence-corrected chi connectivity index (χ3v) is 13.4. The molecule has 10 nitrogen and oxygen atoms in total. The Balaban J connectivity index is 1.45. The lowest BCUT2D eigenvalue weighted by molar-refractivity contribution is 0.0666. The lowest BCUT2D eigenvalue weighted by atomic mass is 9.83. The fourth-order valence-electron chi connectivity index (χ4n) is 5.31. The third kappa shape index (κ3) is 6.65. The number of carbonyl (C=O) groups excluding carboxylic acids is 1. The van der Waals surface area contributed by atoms with Crippen LogP contribution in [0.1, 0.15) is 51.7 Å². The van der Waals surface area contributed by atoms with Crippen molar-refractivity contribution < 1.29 is 18.7 Å². The standard InChI is InChI=1S/C32H40BN6O4Si/c1-31(2,3)44(5,6)43-20-32(4)19-39(33-21-40)28-23(17-34)15-22(16-25(28)32)26-11-13-36-30(37-26)38-27-10-7-12-35-29(27)42-18-24-9-8-14-41-24/h7,10-13,15-16,21,24H,8-9,14,18-20H2,1-6H3,(H,36,37,38)/t24-,32-/m1/s1. The number of hydrogen-bond acceptors (Lipinski definition) is 10. The van der Waals surface area contributed by atoms with Crippen LogP contribution in [0.3, 0.4) is 0 Å². The van der Waals surface area contributed by atoms with Crippen LogP contribution < -0.4 is 14.9 Å². The van der Waals surface area contributed by atoms with Crippen molar-refractivity contribution in [3.8, 4) is 23.2 Å². The van der Waals surface area contributed by atoms with Gasteiger partial charge in [-0.25, -0.2) is 15.0 Å². The number of pyridine rings is 1. The first kappa shape index (κ1) is 31.6. The summed E-state index contributed by atoms with van der Waals surface area (Å²) in [4.78, 5) is 27.1. The SMILES string of the molecule is CC(C)(C)[Si](C)(C)OC[C@@]1(C)CN([B]C=O)c2c(C#N)cc(-c3ccnc(Nc4cccnc4OC[C@H]4CCCO4)n3)cc21. The minimum absolute atomic E-state index is 0.0485. The summed E-state index contributed by atoms with van der Waals surface area (Å²) in [6.45, 7) is 15.4. The van der Waals surface area contributed by atoms with Crippen LogP contribution in [0.2, 0.25) is 18.1 Å². The van der Waals surface area contributed by atoms with Gasteiger partial charge >= 0.3 is 7.41 Å². The Kier molecular flexibility index (Phi) is 9.11. The van der Waals surface area contributed by atoms with Crippen molar-refractivity contribution in [2.75, 3.05) is 36.5 Å². The van der Waals surface area contributed by atoms with Gasteiger partial charge in [0.15, 0.2) is 8.32 Å². The quantitative estimate of drug-likeness (QED) is 0.216. The van der Waals surface area contributed by atoms with Gasteiger partial charge in [0, 0.05) is 48.8 Å². The summed E-state index contributed by atoms with van der Waals surface area (Å²) in [5.74, 6) is 0.821. The van der Waals surface area contributed by atoms with Gasteiger partial charge in [-0.2, -0.15) is 5.26 Å². The maximum absolute atomic E-state index is 11.6. The van der Waals surface area contributed by atoms with Crippen LogP contribution in [0.4, 0.5) is 17.3 Å². The lowest BCUT2D eigenvalue weighted by Crippen LogP contribution is -2.46. The molecule has 2 aliphatic heterocycles. The molecule has 0 aliphatic carbocycles. The van der Waals surface area contributed by atoms with E-state index in [1.807, 2.05) is 29.1 Å². The van der Waals surface area contributed by atoms with Gasteiger partial charge < -0.3 is 28.8 Å². The van der Waals surface area contributed by atoms with Crippen LogP contribution in [0.25, 0.3) is 11.3 Å². The maximum atomic E-state index is 11.6. The van der Waals surface area contributed by atoms with E-state index in [0.29, 0.717) is 48.5 Å². The van der Waals surface area contributed by atoms with E-state index in [-0.39, 0.29) is 11.1 Å². The van der Waals surface area contributed by atoms with Crippen LogP contribution >= 0.6 is 0 Å². The van der Waals surface area contributed by atoms with Gasteiger partial charge in [-0.1, -0.05) is 27.7 Å². The van der Waals surface area contributed by atoms with Gasteiger partial charge in [0.1, 0.15) is 24.5 Å². The Hall–Kier alpha value is -3.79. The summed E-state index contributed by atoms with van der Waals surface area (Å²) >= 11 is 0. The zero-order chi connectivity index (χ0) is 31.5. The number of benzene rings is 1. The Morgan fingerprint density at radius 1 is 1.27 bits per heavy atom. The maximum Gasteiger partial charge on any atom is 0.329 e. The lowest BCUT2D eigenvalue weighted by Gasteiger charge is -2.39. The molecule has 2 atom stereocenters. The van der Waals surface area contributed by atoms with Crippen molar-refractivity contribution in [1.29, 1.82) is 5.26 Å². The average molecular weight is 612 g/mol. The molecule has 0 unspecified atom stereocenters. The van der Waals surface area contributed by atoms with Crippen LogP contribution in [0.5, 0.6) is 5.88 Å². The highest BCUT2D eigenvalue weighted by Gasteiger charge is 2.44. The molecule has 0 amide bonds. The first-order valence-electron chi connectivity index (χ1n) is 15.0. The Morgan fingerprint density at radius 2 is 2.09 bits per heavy atom. The molecule has 44 heavy (non-hydrogen) atoms. The highest BCUT2D eigenvalue weighted by molar-refractivity contribution is 6.74. The van der Waals surface area contributed by atoms with Crippen molar-refractivity contribution in [2.24, 2.45) is 0 Å². The number of nitrogens with zero attached hydrogens (tertiary/aromatic N) is 5. The summed E-state index contributed by atoms with van der Waals surface area (Å²) in [5, 5.41) is 13.5. The highest BCUT2D eigenvalue weighted by Crippen LogP contribution is 2.46. The average Bonchev–Trinajstić information content (AvgIpc) is 3.61. The van der Waals surface area contributed by atoms with E-state index in [0.717, 1.165) is 42.4 Å². The summed E-state index contributed by atoms with van der Waals surface area (Å²) < 4.78 is 18.4. The molecule has 0 spiro atoms. The van der Waals surface area contributed by atoms with Gasteiger partial charge in [0.05, 0.1) is 17.4 Å². The molecule has 12 heteroatoms. The van der Waals surface area contributed by atoms with Crippen LogP contribution in [-0.2, 0) is 19.4 Å². The second-order valence-electron chi connectivity index (χ2n) is 13.2. The summed E-state index contributed by atoms with van der Waals surface area (Å²) in [7, 11) is -0.562. The number of aromatic nitrogens is 3. The zero-order valence-electron chi connectivity index (χ0n) is 26.4. The number of nitrogens with one attached hydrogen (secondary N) is 1. The minimum Gasteiger partial charge on any atom is -0.473 e. The predicted octanol–water partition coefficient (Wildman–Crippen LogP) is 5.62. The van der Waals surface area contributed by atoms with Gasteiger partial charge in [-0.15, -0.1) is 0 Å². The molecule has 2 aromatic heterocycles. The topological polar surface area (TPSA) is 122 Å². The number of carbonyl (C=O) groups is 1. The normalized spacial score (nSPS) is 19.8. The van der Waals surface area contributed by atoms with E-state index in [1.54, 1.807) is 12.4 Å². The van der Waals surface area contributed by atoms with Crippen molar-refractivity contribution in [3.05, 3.63) is 53.9 Å². The molecule has 2 aliphatic rings. The van der Waals surface area contributed by atoms with E-state index < -0.39 is 13.7 Å². The Morgan fingerprint density at radius 3 is 2.80 bits per heavy atom. The molecule has 1 saturated heterocycles. The number of anilines is 3. The van der Waals surface area contributed by atoms with Crippen LogP contribution in [-0.4, -0.2) is 69.3 Å². The van der Waals surface area contributed by atoms with E-state index in [2.05, 4.69) is 68.2 Å². The van der Waals surface area contributed by atoms with Crippen molar-refractivity contribution in [1.82, 2.24) is 15.0 Å². The van der Waals surface area contributed by atoms with Gasteiger partial charge in [0.2, 0.25) is 11.8 Å². The summed E-state index contributed by atoms with van der Waals surface area (Å²) in [6, 6.07) is 11.7. The first-order valence-corrected chi connectivity index (χ1v) is 17.9. The van der Waals surface area contributed by atoms with Gasteiger partial charge in [0.25, 0.3) is 0 Å². The minimum atomic E-state index is -2.06. The number of nitriles is 1. The monoisotopic (exact) mass is 611 g/mol. The van der Waals surface area contributed by atoms with Crippen LogP contribution in [0, 0.1) is 11.3 Å². The molecule has 4 heterocycles. The molecule has 229 valence electrons. The Bertz CT molecular complexity index is 1550. The molecule has 1 fully saturated rings. The second-order valence-corrected chi connectivity index (χ2v) is 18.1. The molecular formula is C32H40BN6O4Si. The molecule has 3 aromatic rings. The number of rotatable bonds is 11. The third-order valence-electron chi connectivity index (χ3n) is 8.88. The number of fused-ring (bicyclic) bond motifs is 1. The van der Waals surface area contributed by atoms with Gasteiger partial charge in [-0.05, 0) is 66.9 Å². The molecule has 1 N–H and O–H groups in total. The van der Waals surface area contributed by atoms with E-state index >= 15 is 0 Å². The first-order chi connectivity index (χ1) is 20.9. The molecule has 0 bridgehead atoms. The van der Waals surface area contributed by atoms with Crippen molar-refractivity contribution in [2.45, 2.75) is 70.2 Å². The molecule has 1 aromatic carbocycles. The zero-order valence-corrected chi connectivity index (χ0v) is 27.4. The second kappa shape index (κ2) is 12.7. The fourth-order valence-corrected chi connectivity index (χ4v) is 6.42. The molecule has 5 rings (SSSR count). The highest BCUT2D eigenvalue weighted by atomic mass is 28.4. The molecule has 1 radical (unpaired) electrons. The number of hydrogen-bond donors (Lipinski definition) is 1. The fraction of sp³-hybridized carbons (Fsp3) is 0.469. The largest absolute Gasteiger partial charge is 0.473 e. The Labute approximate surface area is 261 Å².